The molecule has 10 heteroatoms. The van der Waals surface area contributed by atoms with E-state index < -0.39 is 16.1 Å². The number of hydrogen-bond donors (Lipinski definition) is 0. The fraction of sp³-hybridized carbons (Fsp3) is 0.615. The zero-order chi connectivity index (χ0) is 42.8. The maximum atomic E-state index is 5.42. The molecule has 0 fully saturated rings. The van der Waals surface area contributed by atoms with Crippen LogP contribution >= 0.6 is 68.0 Å². The number of thiazole rings is 2. The van der Waals surface area contributed by atoms with E-state index in [1.54, 1.807) is 40.3 Å². The number of rotatable bonds is 30. The third kappa shape index (κ3) is 10.2. The predicted octanol–water partition coefficient (Wildman–Crippen LogP) is 17.9. The van der Waals surface area contributed by atoms with Gasteiger partial charge in [0.15, 0.2) is 9.66 Å². The van der Waals surface area contributed by atoms with Crippen LogP contribution in [0.3, 0.4) is 0 Å². The minimum atomic E-state index is -1.82. The summed E-state index contributed by atoms with van der Waals surface area (Å²) in [6.45, 7) is 9.35. The number of thiophene rings is 4. The quantitative estimate of drug-likeness (QED) is 0.0332. The van der Waals surface area contributed by atoms with Gasteiger partial charge in [0, 0.05) is 19.5 Å². The van der Waals surface area contributed by atoms with Crippen molar-refractivity contribution >= 4 is 115 Å². The van der Waals surface area contributed by atoms with Crippen LogP contribution in [-0.2, 0) is 0 Å². The Morgan fingerprint density at radius 1 is 0.371 bits per heavy atom. The second-order valence-electron chi connectivity index (χ2n) is 18.9. The van der Waals surface area contributed by atoms with Gasteiger partial charge in [-0.25, -0.2) is 9.97 Å². The summed E-state index contributed by atoms with van der Waals surface area (Å²) >= 11 is 11.9. The molecule has 2 aliphatic heterocycles. The Labute approximate surface area is 401 Å². The van der Waals surface area contributed by atoms with Crippen molar-refractivity contribution in [2.75, 3.05) is 0 Å². The normalized spacial score (nSPS) is 14.6. The van der Waals surface area contributed by atoms with E-state index in [1.165, 1.54) is 198 Å². The van der Waals surface area contributed by atoms with Crippen LogP contribution in [0.25, 0.3) is 48.9 Å². The van der Waals surface area contributed by atoms with E-state index in [0.717, 1.165) is 9.66 Å². The highest BCUT2D eigenvalue weighted by molar-refractivity contribution is 7.35. The predicted molar refractivity (Wildman–Crippen MR) is 291 cm³/mol. The van der Waals surface area contributed by atoms with Gasteiger partial charge >= 0.3 is 0 Å². The molecular weight excluding hydrogens is 901 g/mol. The van der Waals surface area contributed by atoms with Gasteiger partial charge in [0.05, 0.1) is 9.75 Å². The van der Waals surface area contributed by atoms with Gasteiger partial charge < -0.3 is 0 Å². The van der Waals surface area contributed by atoms with Crippen LogP contribution in [0.15, 0.2) is 35.0 Å². The molecule has 2 aliphatic rings. The van der Waals surface area contributed by atoms with Crippen LogP contribution in [0.5, 0.6) is 0 Å². The number of fused-ring (bicyclic) bond motifs is 7. The van der Waals surface area contributed by atoms with Gasteiger partial charge in [-0.15, -0.1) is 45.3 Å². The van der Waals surface area contributed by atoms with Crippen molar-refractivity contribution in [2.45, 2.75) is 206 Å². The fourth-order valence-electron chi connectivity index (χ4n) is 11.1. The van der Waals surface area contributed by atoms with Crippen LogP contribution in [0.4, 0.5) is 0 Å². The van der Waals surface area contributed by atoms with Crippen LogP contribution in [0.1, 0.15) is 182 Å². The summed E-state index contributed by atoms with van der Waals surface area (Å²) < 4.78 is 0. The van der Waals surface area contributed by atoms with E-state index in [0.29, 0.717) is 0 Å². The SMILES string of the molecule is CCCCCCCC[Si]1(CCCCCCCC)c2ccsc2-c2sc(-c3nc4sc(-c5cc6c(s5)-c5sccc5[Si]6(CCCCCCCC)CCCCCCCC)nc4s3)cc21. The largest absolute Gasteiger partial charge is 0.222 e. The second kappa shape index (κ2) is 23.0. The van der Waals surface area contributed by atoms with Gasteiger partial charge in [0.25, 0.3) is 0 Å². The zero-order valence-corrected chi connectivity index (χ0v) is 45.5. The lowest BCUT2D eigenvalue weighted by atomic mass is 10.1. The van der Waals surface area contributed by atoms with Gasteiger partial charge in [0.1, 0.15) is 26.2 Å². The minimum Gasteiger partial charge on any atom is -0.222 e. The van der Waals surface area contributed by atoms with Crippen LogP contribution in [-0.4, -0.2) is 26.1 Å². The molecule has 0 aromatic carbocycles. The van der Waals surface area contributed by atoms with Crippen molar-refractivity contribution in [1.82, 2.24) is 9.97 Å². The molecule has 336 valence electrons. The summed E-state index contributed by atoms with van der Waals surface area (Å²) in [6, 6.07) is 16.2. The second-order valence-corrected chi connectivity index (χ2v) is 33.3. The van der Waals surface area contributed by atoms with Crippen molar-refractivity contribution in [3.63, 3.8) is 0 Å². The summed E-state index contributed by atoms with van der Waals surface area (Å²) in [7, 11) is -3.65. The van der Waals surface area contributed by atoms with Gasteiger partial charge in [-0.2, -0.15) is 0 Å². The molecule has 0 unspecified atom stereocenters. The number of unbranched alkanes of at least 4 members (excludes halogenated alkanes) is 20. The Bertz CT molecular complexity index is 2070. The molecule has 0 amide bonds. The lowest BCUT2D eigenvalue weighted by molar-refractivity contribution is 0.616. The molecule has 0 radical (unpaired) electrons. The van der Waals surface area contributed by atoms with Gasteiger partial charge in [-0.1, -0.05) is 217 Å². The van der Waals surface area contributed by atoms with Gasteiger partial charge in [-0.05, 0) is 67.8 Å². The van der Waals surface area contributed by atoms with E-state index in [-0.39, 0.29) is 0 Å². The lowest BCUT2D eigenvalue weighted by Gasteiger charge is -2.29. The molecule has 0 spiro atoms. The molecule has 8 rings (SSSR count). The van der Waals surface area contributed by atoms with E-state index in [9.17, 15) is 0 Å². The molecule has 0 atom stereocenters. The standard InChI is InChI=1S/C52H74N2S6Si2/c1-5-9-13-17-21-25-33-61(34-26-22-18-14-10-6-2)41-29-31-55-45(41)47-43(61)37-39(57-47)49-53-51-52(59-49)54-50(60-51)40-38-44-48(58-40)46-42(30-32-56-46)62(44,35-27-23-19-15-11-7-3)36-28-24-20-16-12-8-4/h29-32,37-38H,5-28,33-36H2,1-4H3. The van der Waals surface area contributed by atoms with E-state index in [2.05, 4.69) is 85.4 Å². The first-order chi connectivity index (χ1) is 30.6. The van der Waals surface area contributed by atoms with Crippen molar-refractivity contribution in [2.24, 2.45) is 0 Å². The molecule has 6 aromatic rings. The van der Waals surface area contributed by atoms with Gasteiger partial charge in [-0.3, -0.25) is 0 Å². The molecule has 0 saturated carbocycles. The van der Waals surface area contributed by atoms with Crippen LogP contribution < -0.4 is 20.7 Å². The number of hydrogen-bond acceptors (Lipinski definition) is 8. The number of nitrogens with zero attached hydrogens (tertiary/aromatic N) is 2. The first kappa shape index (κ1) is 47.3. The number of aromatic nitrogens is 2. The summed E-state index contributed by atoms with van der Waals surface area (Å²) in [5, 5.41) is 14.3. The van der Waals surface area contributed by atoms with E-state index in [1.807, 2.05) is 45.3 Å². The molecule has 62 heavy (non-hydrogen) atoms. The first-order valence-electron chi connectivity index (χ1n) is 25.3. The summed E-state index contributed by atoms with van der Waals surface area (Å²) in [5.41, 5.74) is 0. The van der Waals surface area contributed by atoms with Crippen LogP contribution in [0.2, 0.25) is 24.2 Å². The van der Waals surface area contributed by atoms with Crippen molar-refractivity contribution in [1.29, 1.82) is 0 Å². The van der Waals surface area contributed by atoms with Crippen molar-refractivity contribution in [3.8, 4) is 39.3 Å². The third-order valence-electron chi connectivity index (χ3n) is 14.5. The molecule has 0 N–H and O–H groups in total. The molecular formula is C52H74N2S6Si2. The zero-order valence-electron chi connectivity index (χ0n) is 38.6. The van der Waals surface area contributed by atoms with E-state index in [4.69, 9.17) is 9.97 Å². The highest BCUT2D eigenvalue weighted by Crippen LogP contribution is 2.48. The van der Waals surface area contributed by atoms with Crippen molar-refractivity contribution in [3.05, 3.63) is 35.0 Å². The summed E-state index contributed by atoms with van der Waals surface area (Å²) in [5.74, 6) is 0. The average molecular weight is 976 g/mol. The monoisotopic (exact) mass is 974 g/mol. The summed E-state index contributed by atoms with van der Waals surface area (Å²) in [4.78, 5) is 22.4. The van der Waals surface area contributed by atoms with Crippen molar-refractivity contribution < 1.29 is 0 Å². The highest BCUT2D eigenvalue weighted by atomic mass is 32.1. The first-order valence-corrected chi connectivity index (χ1v) is 35.2. The Morgan fingerprint density at radius 3 is 1.03 bits per heavy atom. The third-order valence-corrected chi connectivity index (χ3v) is 32.6. The molecule has 8 heterocycles. The Balaban J connectivity index is 1.04. The molecule has 6 aromatic heterocycles. The fourth-order valence-corrected chi connectivity index (χ4v) is 31.6. The van der Waals surface area contributed by atoms with Crippen LogP contribution in [0, 0.1) is 0 Å². The van der Waals surface area contributed by atoms with Gasteiger partial charge in [0.2, 0.25) is 0 Å². The molecule has 2 nitrogen and oxygen atoms in total. The minimum absolute atomic E-state index is 1.14. The maximum Gasteiger partial charge on any atom is 0.155 e. The average Bonchev–Trinajstić information content (AvgIpc) is 4.13. The molecule has 0 aliphatic carbocycles. The molecule has 0 bridgehead atoms. The molecule has 0 saturated heterocycles. The summed E-state index contributed by atoms with van der Waals surface area (Å²) in [6.07, 6.45) is 33.3. The maximum absolute atomic E-state index is 5.42. The smallest absolute Gasteiger partial charge is 0.155 e. The Morgan fingerprint density at radius 2 is 0.694 bits per heavy atom. The Hall–Kier alpha value is -1.25. The topological polar surface area (TPSA) is 25.8 Å². The highest BCUT2D eigenvalue weighted by Gasteiger charge is 2.48. The Kier molecular flexibility index (Phi) is 17.5. The van der Waals surface area contributed by atoms with E-state index >= 15 is 0 Å². The lowest BCUT2D eigenvalue weighted by Crippen LogP contribution is -2.54.